The predicted octanol–water partition coefficient (Wildman–Crippen LogP) is -0.217. The third kappa shape index (κ3) is 2.81. The van der Waals surface area contributed by atoms with Gasteiger partial charge in [0.25, 0.3) is 0 Å². The molecule has 11 heavy (non-hydrogen) atoms. The van der Waals surface area contributed by atoms with Crippen molar-refractivity contribution in [2.75, 3.05) is 0 Å². The molecule has 0 saturated carbocycles. The molecule has 0 aromatic carbocycles. The van der Waals surface area contributed by atoms with Crippen LogP contribution in [0.2, 0.25) is 0 Å². The second-order valence-corrected chi connectivity index (χ2v) is 3.12. The van der Waals surface area contributed by atoms with Crippen molar-refractivity contribution in [2.45, 2.75) is 38.5 Å². The Morgan fingerprint density at radius 3 is 2.00 bits per heavy atom. The molecule has 2 N–H and O–H groups in total. The monoisotopic (exact) mass is 163 g/mol. The van der Waals surface area contributed by atoms with Crippen molar-refractivity contribution in [3.05, 3.63) is 10.1 Å². The Balaban J connectivity index is 4.25. The summed E-state index contributed by atoms with van der Waals surface area (Å²) in [5, 5.41) is 28.4. The summed E-state index contributed by atoms with van der Waals surface area (Å²) in [5.41, 5.74) is -1.42. The van der Waals surface area contributed by atoms with E-state index in [0.717, 1.165) is 0 Å². The summed E-state index contributed by atoms with van der Waals surface area (Å²) in [6, 6.07) is -1.14. The lowest BCUT2D eigenvalue weighted by Crippen LogP contribution is -2.46. The van der Waals surface area contributed by atoms with Crippen molar-refractivity contribution >= 4 is 0 Å². The highest BCUT2D eigenvalue weighted by atomic mass is 16.6. The number of hydrogen-bond donors (Lipinski definition) is 2. The van der Waals surface area contributed by atoms with E-state index in [2.05, 4.69) is 0 Å². The van der Waals surface area contributed by atoms with E-state index in [9.17, 15) is 10.1 Å². The molecule has 0 aliphatic rings. The lowest BCUT2D eigenvalue weighted by molar-refractivity contribution is -0.534. The van der Waals surface area contributed by atoms with E-state index in [1.165, 1.54) is 20.8 Å². The first kappa shape index (κ1) is 10.3. The van der Waals surface area contributed by atoms with Crippen LogP contribution in [0.4, 0.5) is 0 Å². The minimum Gasteiger partial charge on any atom is -0.387 e. The van der Waals surface area contributed by atoms with Crippen LogP contribution in [0.3, 0.4) is 0 Å². The normalized spacial score (nSPS) is 17.5. The van der Waals surface area contributed by atoms with Crippen LogP contribution < -0.4 is 0 Å². The molecule has 0 amide bonds. The molecule has 0 spiro atoms. The van der Waals surface area contributed by atoms with Crippen molar-refractivity contribution in [1.29, 1.82) is 0 Å². The smallest absolute Gasteiger partial charge is 0.238 e. The van der Waals surface area contributed by atoms with E-state index in [1.807, 2.05) is 0 Å². The number of nitro groups is 1. The van der Waals surface area contributed by atoms with E-state index >= 15 is 0 Å². The number of aliphatic hydroxyl groups excluding tert-OH is 1. The molecule has 0 aromatic rings. The molecular formula is C6H13NO4. The van der Waals surface area contributed by atoms with Crippen molar-refractivity contribution in [1.82, 2.24) is 0 Å². The third-order valence-corrected chi connectivity index (χ3v) is 1.51. The second kappa shape index (κ2) is 3.15. The molecule has 0 heterocycles. The Hall–Kier alpha value is -0.680. The van der Waals surface area contributed by atoms with E-state index in [-0.39, 0.29) is 0 Å². The average Bonchev–Trinajstić information content (AvgIpc) is 1.82. The Bertz CT molecular complexity index is 151. The summed E-state index contributed by atoms with van der Waals surface area (Å²) in [5.74, 6) is 0. The van der Waals surface area contributed by atoms with Crippen LogP contribution in [-0.4, -0.2) is 32.9 Å². The molecule has 0 bridgehead atoms. The molecule has 2 unspecified atom stereocenters. The standard InChI is InChI=1S/C6H13NO4/c1-4(7(10)11)5(8)6(2,3)9/h4-5,8-9H,1-3H3. The van der Waals surface area contributed by atoms with Gasteiger partial charge in [0.05, 0.1) is 5.60 Å². The Morgan fingerprint density at radius 2 is 1.91 bits per heavy atom. The summed E-state index contributed by atoms with van der Waals surface area (Å²) in [6.45, 7) is 3.91. The zero-order valence-corrected chi connectivity index (χ0v) is 6.81. The van der Waals surface area contributed by atoms with Crippen LogP contribution in [-0.2, 0) is 0 Å². The molecule has 2 atom stereocenters. The molecule has 0 saturated heterocycles. The highest BCUT2D eigenvalue weighted by Crippen LogP contribution is 2.13. The van der Waals surface area contributed by atoms with Crippen LogP contribution >= 0.6 is 0 Å². The van der Waals surface area contributed by atoms with Gasteiger partial charge in [0.2, 0.25) is 6.04 Å². The fourth-order valence-electron chi connectivity index (χ4n) is 0.706. The molecule has 5 nitrogen and oxygen atoms in total. The maximum atomic E-state index is 10.1. The van der Waals surface area contributed by atoms with E-state index < -0.39 is 22.7 Å². The Morgan fingerprint density at radius 1 is 1.55 bits per heavy atom. The Labute approximate surface area is 64.8 Å². The van der Waals surface area contributed by atoms with Gasteiger partial charge in [0, 0.05) is 11.8 Å². The first-order chi connectivity index (χ1) is 4.76. The van der Waals surface area contributed by atoms with Crippen molar-refractivity contribution < 1.29 is 15.1 Å². The van der Waals surface area contributed by atoms with Gasteiger partial charge in [-0.25, -0.2) is 0 Å². The fraction of sp³-hybridized carbons (Fsp3) is 1.00. The van der Waals surface area contributed by atoms with Gasteiger partial charge < -0.3 is 10.2 Å². The van der Waals surface area contributed by atoms with Crippen LogP contribution in [0.25, 0.3) is 0 Å². The average molecular weight is 163 g/mol. The van der Waals surface area contributed by atoms with Crippen LogP contribution in [0.15, 0.2) is 0 Å². The molecule has 5 heteroatoms. The second-order valence-electron chi connectivity index (χ2n) is 3.12. The molecule has 0 aromatic heterocycles. The number of hydrogen-bond acceptors (Lipinski definition) is 4. The molecule has 66 valence electrons. The maximum Gasteiger partial charge on any atom is 0.238 e. The molecule has 0 aliphatic heterocycles. The molecule has 0 aliphatic carbocycles. The highest BCUT2D eigenvalue weighted by molar-refractivity contribution is 4.80. The van der Waals surface area contributed by atoms with E-state index in [0.29, 0.717) is 0 Å². The first-order valence-corrected chi connectivity index (χ1v) is 3.30. The van der Waals surface area contributed by atoms with E-state index in [1.54, 1.807) is 0 Å². The summed E-state index contributed by atoms with van der Waals surface area (Å²) in [6.07, 6.45) is -1.34. The summed E-state index contributed by atoms with van der Waals surface area (Å²) in [4.78, 5) is 9.50. The Kier molecular flexibility index (Phi) is 2.95. The van der Waals surface area contributed by atoms with Crippen LogP contribution in [0.1, 0.15) is 20.8 Å². The minimum atomic E-state index is -1.42. The van der Waals surface area contributed by atoms with Gasteiger partial charge in [0.1, 0.15) is 6.10 Å². The van der Waals surface area contributed by atoms with Gasteiger partial charge in [-0.3, -0.25) is 10.1 Å². The van der Waals surface area contributed by atoms with Gasteiger partial charge in [-0.2, -0.15) is 0 Å². The first-order valence-electron chi connectivity index (χ1n) is 3.30. The van der Waals surface area contributed by atoms with Gasteiger partial charge in [-0.1, -0.05) is 0 Å². The predicted molar refractivity (Wildman–Crippen MR) is 38.8 cm³/mol. The van der Waals surface area contributed by atoms with Gasteiger partial charge in [-0.15, -0.1) is 0 Å². The largest absolute Gasteiger partial charge is 0.387 e. The third-order valence-electron chi connectivity index (χ3n) is 1.51. The zero-order chi connectivity index (χ0) is 9.23. The van der Waals surface area contributed by atoms with Gasteiger partial charge in [0.15, 0.2) is 0 Å². The number of nitrogens with zero attached hydrogens (tertiary/aromatic N) is 1. The maximum absolute atomic E-state index is 10.1. The minimum absolute atomic E-state index is 0.622. The van der Waals surface area contributed by atoms with Crippen LogP contribution in [0, 0.1) is 10.1 Å². The molecule has 0 radical (unpaired) electrons. The van der Waals surface area contributed by atoms with Crippen molar-refractivity contribution in [3.8, 4) is 0 Å². The summed E-state index contributed by atoms with van der Waals surface area (Å²) in [7, 11) is 0. The highest BCUT2D eigenvalue weighted by Gasteiger charge is 2.36. The fourth-order valence-corrected chi connectivity index (χ4v) is 0.706. The van der Waals surface area contributed by atoms with E-state index in [4.69, 9.17) is 10.2 Å². The number of aliphatic hydroxyl groups is 2. The van der Waals surface area contributed by atoms with Crippen molar-refractivity contribution in [3.63, 3.8) is 0 Å². The lowest BCUT2D eigenvalue weighted by Gasteiger charge is -2.24. The SMILES string of the molecule is CC(C(O)C(C)(C)O)[N+](=O)[O-]. The molecular weight excluding hydrogens is 150 g/mol. The molecule has 0 rings (SSSR count). The number of rotatable bonds is 3. The summed E-state index contributed by atoms with van der Waals surface area (Å²) < 4.78 is 0. The summed E-state index contributed by atoms with van der Waals surface area (Å²) >= 11 is 0. The lowest BCUT2D eigenvalue weighted by atomic mass is 9.97. The quantitative estimate of drug-likeness (QED) is 0.445. The van der Waals surface area contributed by atoms with Gasteiger partial charge in [-0.05, 0) is 13.8 Å². The molecule has 0 fully saturated rings. The zero-order valence-electron chi connectivity index (χ0n) is 6.81. The van der Waals surface area contributed by atoms with Crippen molar-refractivity contribution in [2.24, 2.45) is 0 Å². The van der Waals surface area contributed by atoms with Gasteiger partial charge >= 0.3 is 0 Å². The van der Waals surface area contributed by atoms with Crippen LogP contribution in [0.5, 0.6) is 0 Å². The topological polar surface area (TPSA) is 83.6 Å².